The van der Waals surface area contributed by atoms with Crippen LogP contribution in [0, 0.1) is 6.92 Å². The largest absolute Gasteiger partial charge is 0.455 e. The Labute approximate surface area is 204 Å². The number of aryl methyl sites for hydroxylation is 1. The van der Waals surface area contributed by atoms with Gasteiger partial charge >= 0.3 is 0 Å². The van der Waals surface area contributed by atoms with E-state index in [2.05, 4.69) is 20.8 Å². The molecule has 33 heavy (non-hydrogen) atoms. The standard InChI is InChI=1S/C23H18Cl2N4O3S/c1-13-2-5-15(6-3-13)27-21(30)11-20-22(31)28-23(33-20)29-26-12-16-7-9-19(32-16)14-4-8-17(24)18(25)10-14/h2-10,12,20H,11H2,1H3,(H,27,30)(H,28,29,31)/b26-12-/t20-/m1/s1. The van der Waals surface area contributed by atoms with E-state index in [9.17, 15) is 9.59 Å². The van der Waals surface area contributed by atoms with Gasteiger partial charge in [-0.15, -0.1) is 5.10 Å². The van der Waals surface area contributed by atoms with Gasteiger partial charge in [0.05, 0.1) is 16.3 Å². The predicted molar refractivity (Wildman–Crippen MR) is 133 cm³/mol. The van der Waals surface area contributed by atoms with Crippen molar-refractivity contribution in [2.75, 3.05) is 5.32 Å². The summed E-state index contributed by atoms with van der Waals surface area (Å²) < 4.78 is 5.72. The van der Waals surface area contributed by atoms with Gasteiger partial charge in [-0.3, -0.25) is 9.59 Å². The smallest absolute Gasteiger partial charge is 0.240 e. The number of rotatable bonds is 6. The number of hydrogen-bond acceptors (Lipinski definition) is 6. The van der Waals surface area contributed by atoms with Crippen LogP contribution in [0.2, 0.25) is 10.0 Å². The summed E-state index contributed by atoms with van der Waals surface area (Å²) in [5, 5.41) is 14.1. The van der Waals surface area contributed by atoms with E-state index >= 15 is 0 Å². The molecule has 0 bridgehead atoms. The number of anilines is 1. The minimum atomic E-state index is -0.575. The van der Waals surface area contributed by atoms with Crippen LogP contribution in [0.25, 0.3) is 11.3 Å². The molecular formula is C23H18Cl2N4O3S. The number of amidine groups is 1. The normalized spacial score (nSPS) is 17.0. The predicted octanol–water partition coefficient (Wildman–Crippen LogP) is 5.51. The van der Waals surface area contributed by atoms with Crippen molar-refractivity contribution >= 4 is 63.8 Å². The van der Waals surface area contributed by atoms with Crippen LogP contribution in [-0.4, -0.2) is 28.4 Å². The second-order valence-electron chi connectivity index (χ2n) is 7.19. The lowest BCUT2D eigenvalue weighted by molar-refractivity contribution is -0.122. The van der Waals surface area contributed by atoms with Gasteiger partial charge in [0.15, 0.2) is 5.17 Å². The van der Waals surface area contributed by atoms with Crippen LogP contribution in [-0.2, 0) is 9.59 Å². The second kappa shape index (κ2) is 10.2. The molecular weight excluding hydrogens is 483 g/mol. The number of hydrogen-bond donors (Lipinski definition) is 2. The molecule has 0 saturated carbocycles. The third-order valence-electron chi connectivity index (χ3n) is 4.65. The molecule has 1 aromatic heterocycles. The van der Waals surface area contributed by atoms with E-state index < -0.39 is 5.25 Å². The van der Waals surface area contributed by atoms with Crippen LogP contribution >= 0.6 is 35.0 Å². The molecule has 2 N–H and O–H groups in total. The molecule has 3 aromatic rings. The number of carbonyl (C=O) groups excluding carboxylic acids is 2. The number of amides is 2. The van der Waals surface area contributed by atoms with E-state index in [1.54, 1.807) is 30.3 Å². The molecule has 7 nitrogen and oxygen atoms in total. The van der Waals surface area contributed by atoms with Gasteiger partial charge in [0.25, 0.3) is 0 Å². The zero-order chi connectivity index (χ0) is 23.4. The first-order valence-corrected chi connectivity index (χ1v) is 11.5. The van der Waals surface area contributed by atoms with Crippen molar-refractivity contribution < 1.29 is 14.0 Å². The summed E-state index contributed by atoms with van der Waals surface area (Å²) in [4.78, 5) is 24.4. The van der Waals surface area contributed by atoms with E-state index in [1.165, 1.54) is 6.21 Å². The van der Waals surface area contributed by atoms with E-state index in [0.717, 1.165) is 22.9 Å². The number of nitrogens with one attached hydrogen (secondary N) is 2. The first kappa shape index (κ1) is 23.1. The number of furan rings is 1. The molecule has 2 aromatic carbocycles. The summed E-state index contributed by atoms with van der Waals surface area (Å²) in [6.45, 7) is 1.97. The topological polar surface area (TPSA) is 96.1 Å². The number of carbonyl (C=O) groups is 2. The molecule has 1 aliphatic rings. The minimum Gasteiger partial charge on any atom is -0.455 e. The third kappa shape index (κ3) is 6.04. The summed E-state index contributed by atoms with van der Waals surface area (Å²) in [7, 11) is 0. The van der Waals surface area contributed by atoms with Gasteiger partial charge in [-0.1, -0.05) is 52.7 Å². The van der Waals surface area contributed by atoms with E-state index in [4.69, 9.17) is 27.6 Å². The third-order valence-corrected chi connectivity index (χ3v) is 6.46. The lowest BCUT2D eigenvalue weighted by Crippen LogP contribution is -2.28. The van der Waals surface area contributed by atoms with Crippen LogP contribution < -0.4 is 10.6 Å². The quantitative estimate of drug-likeness (QED) is 0.344. The number of halogens is 2. The van der Waals surface area contributed by atoms with E-state index in [1.807, 2.05) is 31.2 Å². The van der Waals surface area contributed by atoms with Crippen LogP contribution in [0.5, 0.6) is 0 Å². The molecule has 0 unspecified atom stereocenters. The van der Waals surface area contributed by atoms with Crippen molar-refractivity contribution in [1.82, 2.24) is 5.32 Å². The number of nitrogens with zero attached hydrogens (tertiary/aromatic N) is 2. The zero-order valence-corrected chi connectivity index (χ0v) is 19.7. The highest BCUT2D eigenvalue weighted by Gasteiger charge is 2.32. The fraction of sp³-hybridized carbons (Fsp3) is 0.130. The molecule has 10 heteroatoms. The van der Waals surface area contributed by atoms with Crippen LogP contribution in [0.15, 0.2) is 69.2 Å². The molecule has 1 aliphatic heterocycles. The maximum atomic E-state index is 12.3. The lowest BCUT2D eigenvalue weighted by Gasteiger charge is -2.07. The zero-order valence-electron chi connectivity index (χ0n) is 17.3. The Morgan fingerprint density at radius 3 is 2.70 bits per heavy atom. The summed E-state index contributed by atoms with van der Waals surface area (Å²) in [6, 6.07) is 16.2. The van der Waals surface area contributed by atoms with Gasteiger partial charge in [-0.2, -0.15) is 5.10 Å². The molecule has 1 saturated heterocycles. The van der Waals surface area contributed by atoms with Crippen molar-refractivity contribution in [3.8, 4) is 11.3 Å². The maximum absolute atomic E-state index is 12.3. The Morgan fingerprint density at radius 2 is 1.94 bits per heavy atom. The van der Waals surface area contributed by atoms with Gasteiger partial charge < -0.3 is 15.1 Å². The fourth-order valence-electron chi connectivity index (χ4n) is 2.97. The van der Waals surface area contributed by atoms with Crippen molar-refractivity contribution in [1.29, 1.82) is 0 Å². The summed E-state index contributed by atoms with van der Waals surface area (Å²) in [6.07, 6.45) is 1.45. The monoisotopic (exact) mass is 500 g/mol. The average molecular weight is 501 g/mol. The number of benzene rings is 2. The molecule has 168 valence electrons. The van der Waals surface area contributed by atoms with Crippen LogP contribution in [0.4, 0.5) is 5.69 Å². The Balaban J connectivity index is 1.33. The maximum Gasteiger partial charge on any atom is 0.240 e. The summed E-state index contributed by atoms with van der Waals surface area (Å²) >= 11 is 13.1. The van der Waals surface area contributed by atoms with Crippen molar-refractivity contribution in [2.24, 2.45) is 10.2 Å². The average Bonchev–Trinajstić information content (AvgIpc) is 3.38. The first-order chi connectivity index (χ1) is 15.9. The highest BCUT2D eigenvalue weighted by molar-refractivity contribution is 8.15. The van der Waals surface area contributed by atoms with E-state index in [0.29, 0.717) is 32.4 Å². The van der Waals surface area contributed by atoms with E-state index in [-0.39, 0.29) is 18.2 Å². The Kier molecular flexibility index (Phi) is 7.17. The molecule has 2 amide bonds. The van der Waals surface area contributed by atoms with Crippen molar-refractivity contribution in [2.45, 2.75) is 18.6 Å². The van der Waals surface area contributed by atoms with Crippen LogP contribution in [0.1, 0.15) is 17.7 Å². The van der Waals surface area contributed by atoms with Crippen molar-refractivity contribution in [3.05, 3.63) is 76.0 Å². The Morgan fingerprint density at radius 1 is 1.15 bits per heavy atom. The highest BCUT2D eigenvalue weighted by Crippen LogP contribution is 2.29. The Bertz CT molecular complexity index is 1250. The van der Waals surface area contributed by atoms with Gasteiger partial charge in [-0.05, 0) is 49.4 Å². The molecule has 0 radical (unpaired) electrons. The molecule has 1 atom stereocenters. The SMILES string of the molecule is Cc1ccc(NC(=O)C[C@H]2S/C(=N/N=C\c3ccc(-c4ccc(Cl)c(Cl)c4)o3)NC2=O)cc1. The minimum absolute atomic E-state index is 0.0261. The molecule has 2 heterocycles. The highest BCUT2D eigenvalue weighted by atomic mass is 35.5. The fourth-order valence-corrected chi connectivity index (χ4v) is 4.19. The van der Waals surface area contributed by atoms with Gasteiger partial charge in [0.1, 0.15) is 16.8 Å². The molecule has 0 aliphatic carbocycles. The summed E-state index contributed by atoms with van der Waals surface area (Å²) in [5.41, 5.74) is 2.56. The van der Waals surface area contributed by atoms with Crippen LogP contribution in [0.3, 0.4) is 0 Å². The second-order valence-corrected chi connectivity index (χ2v) is 9.20. The molecule has 0 spiro atoms. The van der Waals surface area contributed by atoms with Gasteiger partial charge in [0.2, 0.25) is 11.8 Å². The Hall–Kier alpha value is -3.07. The number of thioether (sulfide) groups is 1. The van der Waals surface area contributed by atoms with Gasteiger partial charge in [0, 0.05) is 17.7 Å². The molecule has 1 fully saturated rings. The van der Waals surface area contributed by atoms with Crippen molar-refractivity contribution in [3.63, 3.8) is 0 Å². The first-order valence-electron chi connectivity index (χ1n) is 9.88. The lowest BCUT2D eigenvalue weighted by atomic mass is 10.2. The molecule has 4 rings (SSSR count). The summed E-state index contributed by atoms with van der Waals surface area (Å²) in [5.74, 6) is 0.546. The van der Waals surface area contributed by atoms with Gasteiger partial charge in [-0.25, -0.2) is 0 Å².